The number of ether oxygens (including phenoxy) is 1. The van der Waals surface area contributed by atoms with Gasteiger partial charge in [0.1, 0.15) is 5.75 Å². The molecule has 0 aliphatic carbocycles. The smallest absolute Gasteiger partial charge is 0.343 e. The molecule has 0 fully saturated rings. The third-order valence-electron chi connectivity index (χ3n) is 2.64. The molecule has 0 aromatic heterocycles. The molecule has 0 amide bonds. The van der Waals surface area contributed by atoms with Gasteiger partial charge in [0.2, 0.25) is 0 Å². The van der Waals surface area contributed by atoms with Crippen molar-refractivity contribution in [3.63, 3.8) is 0 Å². The number of aromatic carboxylic acids is 1. The van der Waals surface area contributed by atoms with Gasteiger partial charge in [0.05, 0.1) is 15.6 Å². The van der Waals surface area contributed by atoms with Crippen molar-refractivity contribution in [3.05, 3.63) is 63.6 Å². The lowest BCUT2D eigenvalue weighted by atomic mass is 10.1. The number of carboxylic acids is 1. The molecule has 20 heavy (non-hydrogen) atoms. The average molecular weight is 335 g/mol. The van der Waals surface area contributed by atoms with E-state index in [4.69, 9.17) is 9.84 Å². The van der Waals surface area contributed by atoms with Crippen LogP contribution in [0, 0.1) is 6.92 Å². The first kappa shape index (κ1) is 14.3. The van der Waals surface area contributed by atoms with Crippen LogP contribution in [0.2, 0.25) is 0 Å². The molecule has 0 atom stereocenters. The lowest BCUT2D eigenvalue weighted by molar-refractivity contribution is 0.0696. The van der Waals surface area contributed by atoms with Gasteiger partial charge in [0.15, 0.2) is 0 Å². The number of carbonyl (C=O) groups excluding carboxylic acids is 1. The number of carboxylic acid groups (broad SMARTS) is 1. The van der Waals surface area contributed by atoms with Crippen LogP contribution in [0.25, 0.3) is 0 Å². The second kappa shape index (κ2) is 5.88. The highest BCUT2D eigenvalue weighted by atomic mass is 79.9. The highest BCUT2D eigenvalue weighted by Crippen LogP contribution is 2.27. The van der Waals surface area contributed by atoms with Crippen LogP contribution in [0.4, 0.5) is 0 Å². The second-order valence-corrected chi connectivity index (χ2v) is 5.06. The van der Waals surface area contributed by atoms with Gasteiger partial charge < -0.3 is 9.84 Å². The normalized spacial score (nSPS) is 10.1. The molecule has 1 N–H and O–H groups in total. The Morgan fingerprint density at radius 3 is 2.45 bits per heavy atom. The average Bonchev–Trinajstić information content (AvgIpc) is 2.40. The third kappa shape index (κ3) is 3.24. The van der Waals surface area contributed by atoms with Crippen molar-refractivity contribution in [3.8, 4) is 5.75 Å². The number of rotatable bonds is 3. The summed E-state index contributed by atoms with van der Waals surface area (Å²) in [6, 6.07) is 11.3. The molecule has 0 unspecified atom stereocenters. The highest BCUT2D eigenvalue weighted by molar-refractivity contribution is 9.10. The predicted octanol–water partition coefficient (Wildman–Crippen LogP) is 3.67. The lowest BCUT2D eigenvalue weighted by Gasteiger charge is -2.07. The van der Waals surface area contributed by atoms with E-state index in [-0.39, 0.29) is 11.3 Å². The minimum atomic E-state index is -1.04. The first-order valence-corrected chi connectivity index (χ1v) is 6.58. The van der Waals surface area contributed by atoms with E-state index in [1.807, 2.05) is 13.0 Å². The van der Waals surface area contributed by atoms with Crippen LogP contribution in [-0.2, 0) is 0 Å². The first-order chi connectivity index (χ1) is 9.47. The molecule has 0 radical (unpaired) electrons. The zero-order chi connectivity index (χ0) is 14.7. The topological polar surface area (TPSA) is 63.6 Å². The van der Waals surface area contributed by atoms with Gasteiger partial charge >= 0.3 is 11.9 Å². The molecule has 2 aromatic rings. The molecule has 2 rings (SSSR count). The summed E-state index contributed by atoms with van der Waals surface area (Å²) in [4.78, 5) is 22.8. The number of benzene rings is 2. The van der Waals surface area contributed by atoms with E-state index in [1.165, 1.54) is 18.2 Å². The van der Waals surface area contributed by atoms with Crippen LogP contribution < -0.4 is 4.74 Å². The van der Waals surface area contributed by atoms with Crippen molar-refractivity contribution in [2.45, 2.75) is 6.92 Å². The molecule has 0 heterocycles. The zero-order valence-corrected chi connectivity index (χ0v) is 12.2. The van der Waals surface area contributed by atoms with Crippen molar-refractivity contribution in [2.24, 2.45) is 0 Å². The van der Waals surface area contributed by atoms with E-state index in [9.17, 15) is 9.59 Å². The van der Waals surface area contributed by atoms with Crippen LogP contribution in [-0.4, -0.2) is 17.0 Å². The van der Waals surface area contributed by atoms with Crippen molar-refractivity contribution in [2.75, 3.05) is 0 Å². The largest absolute Gasteiger partial charge is 0.478 e. The summed E-state index contributed by atoms with van der Waals surface area (Å²) in [5.41, 5.74) is 1.52. The summed E-state index contributed by atoms with van der Waals surface area (Å²) in [7, 11) is 0. The molecule has 5 heteroatoms. The summed E-state index contributed by atoms with van der Waals surface area (Å²) in [5, 5.41) is 8.86. The Kier molecular flexibility index (Phi) is 4.20. The maximum atomic E-state index is 12.0. The van der Waals surface area contributed by atoms with Crippen molar-refractivity contribution in [1.82, 2.24) is 0 Å². The fraction of sp³-hybridized carbons (Fsp3) is 0.0667. The summed E-state index contributed by atoms with van der Waals surface area (Å²) >= 11 is 3.19. The van der Waals surface area contributed by atoms with Gasteiger partial charge in [-0.1, -0.05) is 17.7 Å². The van der Waals surface area contributed by atoms with Crippen LogP contribution in [0.3, 0.4) is 0 Å². The molecule has 102 valence electrons. The number of hydrogen-bond donors (Lipinski definition) is 1. The van der Waals surface area contributed by atoms with Gasteiger partial charge in [-0.3, -0.25) is 0 Å². The van der Waals surface area contributed by atoms with Gasteiger partial charge in [-0.25, -0.2) is 9.59 Å². The molecule has 0 aliphatic heterocycles. The van der Waals surface area contributed by atoms with E-state index in [1.54, 1.807) is 18.2 Å². The minimum absolute atomic E-state index is 0.118. The number of hydrogen-bond acceptors (Lipinski definition) is 3. The van der Waals surface area contributed by atoms with Gasteiger partial charge in [0, 0.05) is 0 Å². The Balaban J connectivity index is 2.22. The monoisotopic (exact) mass is 334 g/mol. The number of halogens is 1. The zero-order valence-electron chi connectivity index (χ0n) is 10.6. The van der Waals surface area contributed by atoms with Gasteiger partial charge in [-0.2, -0.15) is 0 Å². The summed E-state index contributed by atoms with van der Waals surface area (Å²) in [5.74, 6) is -1.25. The standard InChI is InChI=1S/C15H11BrO4/c1-9-3-2-4-11(7-9)15(19)20-13-6-5-10(14(17)18)8-12(13)16/h2-8H,1H3,(H,17,18). The van der Waals surface area contributed by atoms with E-state index < -0.39 is 11.9 Å². The quantitative estimate of drug-likeness (QED) is 0.687. The van der Waals surface area contributed by atoms with Gasteiger partial charge in [-0.15, -0.1) is 0 Å². The van der Waals surface area contributed by atoms with Crippen molar-refractivity contribution in [1.29, 1.82) is 0 Å². The second-order valence-electron chi connectivity index (χ2n) is 4.21. The van der Waals surface area contributed by atoms with E-state index >= 15 is 0 Å². The molecule has 0 saturated heterocycles. The molecular weight excluding hydrogens is 324 g/mol. The van der Waals surface area contributed by atoms with Gasteiger partial charge in [-0.05, 0) is 53.2 Å². The van der Waals surface area contributed by atoms with Crippen molar-refractivity contribution < 1.29 is 19.4 Å². The molecule has 2 aromatic carbocycles. The van der Waals surface area contributed by atoms with Crippen LogP contribution in [0.15, 0.2) is 46.9 Å². The maximum Gasteiger partial charge on any atom is 0.343 e. The summed E-state index contributed by atoms with van der Waals surface area (Å²) in [6.07, 6.45) is 0. The Bertz CT molecular complexity index is 679. The fourth-order valence-corrected chi connectivity index (χ4v) is 2.11. The maximum absolute atomic E-state index is 12.0. The summed E-state index contributed by atoms with van der Waals surface area (Å²) < 4.78 is 5.66. The molecular formula is C15H11BrO4. The van der Waals surface area contributed by atoms with Gasteiger partial charge in [0.25, 0.3) is 0 Å². The van der Waals surface area contributed by atoms with E-state index in [0.29, 0.717) is 10.0 Å². The number of aryl methyl sites for hydroxylation is 1. The Hall–Kier alpha value is -2.14. The van der Waals surface area contributed by atoms with E-state index in [0.717, 1.165) is 5.56 Å². The fourth-order valence-electron chi connectivity index (χ4n) is 1.65. The lowest BCUT2D eigenvalue weighted by Crippen LogP contribution is -2.09. The minimum Gasteiger partial charge on any atom is -0.478 e. The SMILES string of the molecule is Cc1cccc(C(=O)Oc2ccc(C(=O)O)cc2Br)c1. The molecule has 0 spiro atoms. The molecule has 0 saturated carbocycles. The third-order valence-corrected chi connectivity index (χ3v) is 3.25. The summed E-state index contributed by atoms with van der Waals surface area (Å²) in [6.45, 7) is 1.88. The highest BCUT2D eigenvalue weighted by Gasteiger charge is 2.13. The van der Waals surface area contributed by atoms with Crippen LogP contribution >= 0.6 is 15.9 Å². The molecule has 0 aliphatic rings. The predicted molar refractivity (Wildman–Crippen MR) is 77.2 cm³/mol. The van der Waals surface area contributed by atoms with E-state index in [2.05, 4.69) is 15.9 Å². The molecule has 4 nitrogen and oxygen atoms in total. The first-order valence-electron chi connectivity index (χ1n) is 5.79. The van der Waals surface area contributed by atoms with Crippen LogP contribution in [0.5, 0.6) is 5.75 Å². The Morgan fingerprint density at radius 1 is 1.10 bits per heavy atom. The Labute approximate surface area is 124 Å². The van der Waals surface area contributed by atoms with Crippen LogP contribution in [0.1, 0.15) is 26.3 Å². The Morgan fingerprint density at radius 2 is 1.85 bits per heavy atom. The number of carbonyl (C=O) groups is 2. The number of esters is 1. The molecule has 0 bridgehead atoms. The van der Waals surface area contributed by atoms with Crippen molar-refractivity contribution >= 4 is 27.9 Å².